The summed E-state index contributed by atoms with van der Waals surface area (Å²) in [7, 11) is 0. The summed E-state index contributed by atoms with van der Waals surface area (Å²) < 4.78 is 68.0. The Labute approximate surface area is 125 Å². The Hall–Kier alpha value is -2.77. The van der Waals surface area contributed by atoms with Gasteiger partial charge in [0.15, 0.2) is 23.3 Å². The van der Waals surface area contributed by atoms with Crippen molar-refractivity contribution in [2.45, 2.75) is 6.54 Å². The van der Waals surface area contributed by atoms with Crippen molar-refractivity contribution in [3.8, 4) is 0 Å². The van der Waals surface area contributed by atoms with Crippen molar-refractivity contribution in [3.63, 3.8) is 0 Å². The van der Waals surface area contributed by atoms with Gasteiger partial charge in [0.1, 0.15) is 0 Å². The van der Waals surface area contributed by atoms with Crippen molar-refractivity contribution >= 4 is 11.0 Å². The fourth-order valence-electron chi connectivity index (χ4n) is 2.23. The topological polar surface area (TPSA) is 34.9 Å². The van der Waals surface area contributed by atoms with Gasteiger partial charge in [0.25, 0.3) is 5.56 Å². The van der Waals surface area contributed by atoms with Crippen LogP contribution in [0.5, 0.6) is 0 Å². The Kier molecular flexibility index (Phi) is 3.59. The molecule has 0 saturated carbocycles. The van der Waals surface area contributed by atoms with E-state index in [0.717, 1.165) is 10.8 Å². The van der Waals surface area contributed by atoms with E-state index in [2.05, 4.69) is 4.98 Å². The molecule has 0 fully saturated rings. The maximum absolute atomic E-state index is 13.8. The second-order valence-corrected chi connectivity index (χ2v) is 4.72. The molecule has 0 N–H and O–H groups in total. The highest BCUT2D eigenvalue weighted by Crippen LogP contribution is 2.24. The molecule has 0 unspecified atom stereocenters. The summed E-state index contributed by atoms with van der Waals surface area (Å²) in [5, 5.41) is 0. The van der Waals surface area contributed by atoms with Crippen LogP contribution < -0.4 is 5.56 Å². The number of aromatic nitrogens is 2. The fraction of sp³-hybridized carbons (Fsp3) is 0.0667. The Morgan fingerprint density at radius 1 is 0.870 bits per heavy atom. The average molecular weight is 326 g/mol. The average Bonchev–Trinajstić information content (AvgIpc) is 2.56. The predicted molar refractivity (Wildman–Crippen MR) is 71.3 cm³/mol. The molecule has 8 heteroatoms. The summed E-state index contributed by atoms with van der Waals surface area (Å²) in [6, 6.07) is 6.18. The molecule has 3 nitrogen and oxygen atoms in total. The van der Waals surface area contributed by atoms with Gasteiger partial charge in [-0.15, -0.1) is 0 Å². The van der Waals surface area contributed by atoms with Crippen molar-refractivity contribution in [1.82, 2.24) is 9.55 Å². The second-order valence-electron chi connectivity index (χ2n) is 4.72. The minimum Gasteiger partial charge on any atom is -0.301 e. The zero-order valence-corrected chi connectivity index (χ0v) is 11.3. The van der Waals surface area contributed by atoms with Gasteiger partial charge in [-0.05, 0) is 12.1 Å². The minimum atomic E-state index is -2.24. The maximum atomic E-state index is 13.8. The highest BCUT2D eigenvalue weighted by atomic mass is 19.2. The lowest BCUT2D eigenvalue weighted by Gasteiger charge is -2.12. The van der Waals surface area contributed by atoms with Crippen molar-refractivity contribution in [2.75, 3.05) is 0 Å². The number of rotatable bonds is 2. The van der Waals surface area contributed by atoms with Gasteiger partial charge in [-0.2, -0.15) is 0 Å². The fourth-order valence-corrected chi connectivity index (χ4v) is 2.23. The highest BCUT2D eigenvalue weighted by molar-refractivity contribution is 5.74. The van der Waals surface area contributed by atoms with Crippen molar-refractivity contribution in [1.29, 1.82) is 0 Å². The normalized spacial score (nSPS) is 11.2. The molecule has 1 heterocycles. The first-order chi connectivity index (χ1) is 10.9. The number of hydrogen-bond donors (Lipinski definition) is 0. The van der Waals surface area contributed by atoms with Gasteiger partial charge < -0.3 is 4.57 Å². The summed E-state index contributed by atoms with van der Waals surface area (Å²) in [4.78, 5) is 15.7. The predicted octanol–water partition coefficient (Wildman–Crippen LogP) is 3.14. The second kappa shape index (κ2) is 5.45. The third kappa shape index (κ3) is 2.36. The Morgan fingerprint density at radius 3 is 2.09 bits per heavy atom. The molecule has 118 valence electrons. The number of para-hydroxylation sites is 2. The molecule has 23 heavy (non-hydrogen) atoms. The molecule has 0 bridgehead atoms. The van der Waals surface area contributed by atoms with Crippen LogP contribution in [0.15, 0.2) is 35.3 Å². The van der Waals surface area contributed by atoms with E-state index in [9.17, 15) is 26.7 Å². The van der Waals surface area contributed by atoms with Crippen molar-refractivity contribution in [2.24, 2.45) is 0 Å². The van der Waals surface area contributed by atoms with Crippen molar-refractivity contribution < 1.29 is 22.0 Å². The first-order valence-corrected chi connectivity index (χ1v) is 6.36. The van der Waals surface area contributed by atoms with E-state index in [4.69, 9.17) is 0 Å². The highest BCUT2D eigenvalue weighted by Gasteiger charge is 2.26. The van der Waals surface area contributed by atoms with E-state index in [1.165, 1.54) is 6.07 Å². The molecule has 2 aromatic carbocycles. The van der Waals surface area contributed by atoms with E-state index in [0.29, 0.717) is 5.52 Å². The van der Waals surface area contributed by atoms with Crippen LogP contribution in [0.4, 0.5) is 22.0 Å². The van der Waals surface area contributed by atoms with E-state index in [1.807, 2.05) is 0 Å². The van der Waals surface area contributed by atoms with Gasteiger partial charge in [0.2, 0.25) is 5.82 Å². The molecule has 0 radical (unpaired) electrons. The maximum Gasteiger partial charge on any atom is 0.269 e. The molecular formula is C15H7F5N2O. The van der Waals surface area contributed by atoms with Crippen LogP contribution in [0.2, 0.25) is 0 Å². The van der Waals surface area contributed by atoms with Crippen LogP contribution in [-0.4, -0.2) is 9.55 Å². The van der Waals surface area contributed by atoms with Gasteiger partial charge in [0, 0.05) is 5.56 Å². The first kappa shape index (κ1) is 15.1. The van der Waals surface area contributed by atoms with Crippen LogP contribution in [0.25, 0.3) is 11.0 Å². The third-order valence-corrected chi connectivity index (χ3v) is 3.37. The summed E-state index contributed by atoms with van der Waals surface area (Å²) in [5.41, 5.74) is -1.26. The summed E-state index contributed by atoms with van der Waals surface area (Å²) >= 11 is 0. The molecule has 3 aromatic rings. The van der Waals surface area contributed by atoms with Gasteiger partial charge in [-0.1, -0.05) is 12.1 Å². The first-order valence-electron chi connectivity index (χ1n) is 6.36. The van der Waals surface area contributed by atoms with Crippen LogP contribution in [0.3, 0.4) is 0 Å². The molecule has 1 aromatic heterocycles. The monoisotopic (exact) mass is 326 g/mol. The summed E-state index contributed by atoms with van der Waals surface area (Å²) in [6.45, 7) is -0.812. The molecule has 0 saturated heterocycles. The third-order valence-electron chi connectivity index (χ3n) is 3.37. The van der Waals surface area contributed by atoms with Crippen LogP contribution in [0.1, 0.15) is 5.56 Å². The number of fused-ring (bicyclic) bond motifs is 1. The Balaban J connectivity index is 2.25. The zero-order valence-electron chi connectivity index (χ0n) is 11.3. The Morgan fingerprint density at radius 2 is 1.43 bits per heavy atom. The molecule has 0 atom stereocenters. The molecule has 0 aliphatic heterocycles. The largest absolute Gasteiger partial charge is 0.301 e. The minimum absolute atomic E-state index is 0.212. The number of nitrogens with zero attached hydrogens (tertiary/aromatic N) is 2. The SMILES string of the molecule is O=c1cnc2ccccc2n1Cc1c(F)c(F)c(F)c(F)c1F. The van der Waals surface area contributed by atoms with Crippen molar-refractivity contribution in [3.05, 3.63) is 75.5 Å². The van der Waals surface area contributed by atoms with Gasteiger partial charge in [-0.3, -0.25) is 4.79 Å². The number of benzene rings is 2. The van der Waals surface area contributed by atoms with Gasteiger partial charge in [0.05, 0.1) is 23.8 Å². The molecule has 0 spiro atoms. The van der Waals surface area contributed by atoms with Crippen LogP contribution >= 0.6 is 0 Å². The van der Waals surface area contributed by atoms with Crippen LogP contribution in [-0.2, 0) is 6.54 Å². The number of halogens is 5. The molecule has 0 amide bonds. The van der Waals surface area contributed by atoms with E-state index >= 15 is 0 Å². The smallest absolute Gasteiger partial charge is 0.269 e. The zero-order chi connectivity index (χ0) is 16.7. The molecule has 0 aliphatic carbocycles. The molecular weight excluding hydrogens is 319 g/mol. The summed E-state index contributed by atoms with van der Waals surface area (Å²) in [5.74, 6) is -10.3. The van der Waals surface area contributed by atoms with E-state index in [1.54, 1.807) is 18.2 Å². The lowest BCUT2D eigenvalue weighted by atomic mass is 10.1. The number of hydrogen-bond acceptors (Lipinski definition) is 2. The quantitative estimate of drug-likeness (QED) is 0.412. The Bertz CT molecular complexity index is 954. The van der Waals surface area contributed by atoms with Crippen LogP contribution in [0, 0.1) is 29.1 Å². The van der Waals surface area contributed by atoms with E-state index in [-0.39, 0.29) is 5.52 Å². The summed E-state index contributed by atoms with van der Waals surface area (Å²) in [6.07, 6.45) is 0.911. The molecule has 0 aliphatic rings. The van der Waals surface area contributed by atoms with Gasteiger partial charge >= 0.3 is 0 Å². The van der Waals surface area contributed by atoms with Gasteiger partial charge in [-0.25, -0.2) is 26.9 Å². The van der Waals surface area contributed by atoms with E-state index < -0.39 is 46.8 Å². The lowest BCUT2D eigenvalue weighted by Crippen LogP contribution is -2.23. The standard InChI is InChI=1S/C15H7F5N2O/c16-11-7(12(17)14(19)15(20)13(11)18)6-22-9-4-2-1-3-8(9)21-5-10(22)23/h1-5H,6H2. The molecule has 3 rings (SSSR count). The lowest BCUT2D eigenvalue weighted by molar-refractivity contribution is 0.368.